The van der Waals surface area contributed by atoms with Crippen LogP contribution in [-0.4, -0.2) is 18.3 Å². The second-order valence-corrected chi connectivity index (χ2v) is 4.63. The molecule has 20 heavy (non-hydrogen) atoms. The Kier molecular flexibility index (Phi) is 5.59. The minimum atomic E-state index is -0.608. The molecule has 0 fully saturated rings. The molecule has 0 aliphatic rings. The van der Waals surface area contributed by atoms with Crippen LogP contribution >= 0.6 is 0 Å². The molecule has 3 nitrogen and oxygen atoms in total. The van der Waals surface area contributed by atoms with Crippen LogP contribution in [0.5, 0.6) is 5.75 Å². The number of hydrogen-bond acceptors (Lipinski definition) is 3. The first-order valence-electron chi connectivity index (χ1n) is 6.95. The van der Waals surface area contributed by atoms with Crippen molar-refractivity contribution in [2.75, 3.05) is 13.2 Å². The van der Waals surface area contributed by atoms with Gasteiger partial charge in [-0.1, -0.05) is 55.5 Å². The van der Waals surface area contributed by atoms with Gasteiger partial charge in [0, 0.05) is 12.1 Å². The van der Waals surface area contributed by atoms with Crippen LogP contribution in [0, 0.1) is 0 Å². The minimum absolute atomic E-state index is 0.257. The Balaban J connectivity index is 1.96. The molecule has 106 valence electrons. The van der Waals surface area contributed by atoms with Crippen molar-refractivity contribution in [3.05, 3.63) is 65.7 Å². The summed E-state index contributed by atoms with van der Waals surface area (Å²) in [7, 11) is 0. The molecule has 0 aromatic heterocycles. The Morgan fingerprint density at radius 2 is 1.75 bits per heavy atom. The molecule has 0 spiro atoms. The molecule has 2 aromatic rings. The second-order valence-electron chi connectivity index (χ2n) is 4.63. The van der Waals surface area contributed by atoms with Crippen LogP contribution in [0.2, 0.25) is 0 Å². The summed E-state index contributed by atoms with van der Waals surface area (Å²) in [6, 6.07) is 17.5. The molecule has 1 atom stereocenters. The quantitative estimate of drug-likeness (QED) is 0.813. The van der Waals surface area contributed by atoms with Gasteiger partial charge in [0.25, 0.3) is 0 Å². The number of hydrogen-bond donors (Lipinski definition) is 2. The first-order valence-corrected chi connectivity index (χ1v) is 6.95. The molecule has 0 amide bonds. The van der Waals surface area contributed by atoms with Crippen LogP contribution in [0.25, 0.3) is 0 Å². The van der Waals surface area contributed by atoms with Gasteiger partial charge in [0.05, 0.1) is 0 Å². The van der Waals surface area contributed by atoms with Crippen LogP contribution in [0.3, 0.4) is 0 Å². The first kappa shape index (κ1) is 14.6. The lowest BCUT2D eigenvalue weighted by atomic mass is 10.1. The summed E-state index contributed by atoms with van der Waals surface area (Å²) in [6.07, 6.45) is -0.608. The van der Waals surface area contributed by atoms with Crippen molar-refractivity contribution >= 4 is 0 Å². The van der Waals surface area contributed by atoms with Gasteiger partial charge >= 0.3 is 0 Å². The van der Waals surface area contributed by atoms with Crippen molar-refractivity contribution < 1.29 is 9.84 Å². The van der Waals surface area contributed by atoms with Gasteiger partial charge in [0.15, 0.2) is 0 Å². The molecule has 1 unspecified atom stereocenters. The third-order valence-corrected chi connectivity index (χ3v) is 3.12. The third kappa shape index (κ3) is 4.08. The van der Waals surface area contributed by atoms with Gasteiger partial charge < -0.3 is 15.2 Å². The van der Waals surface area contributed by atoms with Crippen molar-refractivity contribution in [2.45, 2.75) is 19.6 Å². The minimum Gasteiger partial charge on any atom is -0.490 e. The molecule has 0 bridgehead atoms. The average Bonchev–Trinajstić information content (AvgIpc) is 2.52. The molecule has 3 heteroatoms. The van der Waals surface area contributed by atoms with Gasteiger partial charge in [0.2, 0.25) is 0 Å². The van der Waals surface area contributed by atoms with E-state index in [1.807, 2.05) is 54.6 Å². The number of aliphatic hydroxyl groups excluding tert-OH is 1. The van der Waals surface area contributed by atoms with E-state index >= 15 is 0 Å². The van der Waals surface area contributed by atoms with Gasteiger partial charge in [0.1, 0.15) is 18.5 Å². The lowest BCUT2D eigenvalue weighted by Gasteiger charge is -2.15. The lowest BCUT2D eigenvalue weighted by molar-refractivity contribution is 0.107. The van der Waals surface area contributed by atoms with Gasteiger partial charge in [-0.3, -0.25) is 0 Å². The van der Waals surface area contributed by atoms with Crippen molar-refractivity contribution in [2.24, 2.45) is 0 Å². The fourth-order valence-corrected chi connectivity index (χ4v) is 1.99. The van der Waals surface area contributed by atoms with E-state index in [1.165, 1.54) is 0 Å². The molecular formula is C17H21NO2. The summed E-state index contributed by atoms with van der Waals surface area (Å²) in [5.41, 5.74) is 1.98. The molecule has 2 N–H and O–H groups in total. The van der Waals surface area contributed by atoms with E-state index in [0.717, 1.165) is 30.0 Å². The number of benzene rings is 2. The summed E-state index contributed by atoms with van der Waals surface area (Å²) >= 11 is 0. The van der Waals surface area contributed by atoms with Crippen LogP contribution in [0.4, 0.5) is 0 Å². The van der Waals surface area contributed by atoms with Gasteiger partial charge in [-0.05, 0) is 18.2 Å². The van der Waals surface area contributed by atoms with Crippen molar-refractivity contribution in [1.29, 1.82) is 0 Å². The summed E-state index contributed by atoms with van der Waals surface area (Å²) in [5, 5.41) is 13.4. The molecule has 0 aliphatic heterocycles. The maximum Gasteiger partial charge on any atom is 0.123 e. The summed E-state index contributed by atoms with van der Waals surface area (Å²) in [6.45, 7) is 4.02. The average molecular weight is 271 g/mol. The predicted molar refractivity (Wildman–Crippen MR) is 80.7 cm³/mol. The van der Waals surface area contributed by atoms with Crippen LogP contribution < -0.4 is 10.1 Å². The van der Waals surface area contributed by atoms with Crippen LogP contribution in [-0.2, 0) is 6.54 Å². The Hall–Kier alpha value is -1.84. The Bertz CT molecular complexity index is 513. The highest BCUT2D eigenvalue weighted by Crippen LogP contribution is 2.20. The summed E-state index contributed by atoms with van der Waals surface area (Å²) in [4.78, 5) is 0. The van der Waals surface area contributed by atoms with E-state index in [1.54, 1.807) is 0 Å². The third-order valence-electron chi connectivity index (χ3n) is 3.12. The highest BCUT2D eigenvalue weighted by atomic mass is 16.5. The van der Waals surface area contributed by atoms with Gasteiger partial charge in [-0.2, -0.15) is 0 Å². The molecule has 0 aliphatic carbocycles. The number of para-hydroxylation sites is 1. The van der Waals surface area contributed by atoms with Gasteiger partial charge in [-0.15, -0.1) is 0 Å². The van der Waals surface area contributed by atoms with E-state index in [0.29, 0.717) is 0 Å². The predicted octanol–water partition coefficient (Wildman–Crippen LogP) is 2.91. The molecular weight excluding hydrogens is 250 g/mol. The molecule has 0 heterocycles. The number of nitrogens with one attached hydrogen (secondary N) is 1. The Morgan fingerprint density at radius 1 is 1.05 bits per heavy atom. The van der Waals surface area contributed by atoms with Crippen molar-refractivity contribution in [1.82, 2.24) is 5.32 Å². The lowest BCUT2D eigenvalue weighted by Crippen LogP contribution is -2.14. The molecule has 0 saturated heterocycles. The van der Waals surface area contributed by atoms with E-state index in [-0.39, 0.29) is 6.61 Å². The SMILES string of the molecule is CCNCc1ccccc1OCC(O)c1ccccc1. The van der Waals surface area contributed by atoms with Crippen molar-refractivity contribution in [3.8, 4) is 5.75 Å². The second kappa shape index (κ2) is 7.68. The zero-order valence-corrected chi connectivity index (χ0v) is 11.8. The number of ether oxygens (including phenoxy) is 1. The maximum absolute atomic E-state index is 10.1. The van der Waals surface area contributed by atoms with E-state index in [4.69, 9.17) is 4.74 Å². The monoisotopic (exact) mass is 271 g/mol. The number of aliphatic hydroxyl groups is 1. The maximum atomic E-state index is 10.1. The first-order chi connectivity index (χ1) is 9.81. The zero-order valence-electron chi connectivity index (χ0n) is 11.8. The highest BCUT2D eigenvalue weighted by molar-refractivity contribution is 5.33. The molecule has 2 rings (SSSR count). The van der Waals surface area contributed by atoms with Crippen LogP contribution in [0.15, 0.2) is 54.6 Å². The normalized spacial score (nSPS) is 12.1. The Labute approximate surface area is 120 Å². The molecule has 0 radical (unpaired) electrons. The fourth-order valence-electron chi connectivity index (χ4n) is 1.99. The molecule has 2 aromatic carbocycles. The van der Waals surface area contributed by atoms with E-state index in [9.17, 15) is 5.11 Å². The van der Waals surface area contributed by atoms with Crippen molar-refractivity contribution in [3.63, 3.8) is 0 Å². The fraction of sp³-hybridized carbons (Fsp3) is 0.294. The Morgan fingerprint density at radius 3 is 2.50 bits per heavy atom. The standard InChI is InChI=1S/C17H21NO2/c1-2-18-12-15-10-6-7-11-17(15)20-13-16(19)14-8-4-3-5-9-14/h3-11,16,18-19H,2,12-13H2,1H3. The van der Waals surface area contributed by atoms with E-state index < -0.39 is 6.10 Å². The van der Waals surface area contributed by atoms with Gasteiger partial charge in [-0.25, -0.2) is 0 Å². The molecule has 0 saturated carbocycles. The summed E-state index contributed by atoms with van der Waals surface area (Å²) in [5.74, 6) is 0.823. The zero-order chi connectivity index (χ0) is 14.2. The topological polar surface area (TPSA) is 41.5 Å². The number of rotatable bonds is 7. The largest absolute Gasteiger partial charge is 0.490 e. The smallest absolute Gasteiger partial charge is 0.123 e. The highest BCUT2D eigenvalue weighted by Gasteiger charge is 2.09. The summed E-state index contributed by atoms with van der Waals surface area (Å²) < 4.78 is 5.76. The van der Waals surface area contributed by atoms with Crippen LogP contribution in [0.1, 0.15) is 24.2 Å². The van der Waals surface area contributed by atoms with E-state index in [2.05, 4.69) is 12.2 Å².